The Balaban J connectivity index is 4.36. The van der Waals surface area contributed by atoms with Gasteiger partial charge in [-0.15, -0.1) is 0 Å². The van der Waals surface area contributed by atoms with Gasteiger partial charge in [-0.25, -0.2) is 0 Å². The lowest BCUT2D eigenvalue weighted by atomic mass is 10.1. The van der Waals surface area contributed by atoms with Crippen LogP contribution in [0.3, 0.4) is 0 Å². The topological polar surface area (TPSA) is 125 Å². The van der Waals surface area contributed by atoms with Gasteiger partial charge in [-0.1, -0.05) is 27.7 Å². The number of hydrogen-bond acceptors (Lipinski definition) is 5. The maximum absolute atomic E-state index is 12.3. The Labute approximate surface area is 172 Å². The summed E-state index contributed by atoms with van der Waals surface area (Å²) in [5.74, 6) is 0.582. The van der Waals surface area contributed by atoms with Crippen LogP contribution in [-0.4, -0.2) is 59.4 Å². The molecule has 0 saturated heterocycles. The third-order valence-corrected chi connectivity index (χ3v) is 4.96. The van der Waals surface area contributed by atoms with Crippen molar-refractivity contribution >= 4 is 35.5 Å². The molecule has 28 heavy (non-hydrogen) atoms. The standard InChI is InChI=1S/C19H35N3O5S/c1-13(2)11-17(24)20-8-9-21-19(27)15(5-6-18(25)26)22-16(23)7-10-28-12-14(3)4/h13-15H,5-12H2,1-4H3,(H,20,24)(H,21,27)(H,22,23)(H,25,26)/t15-/m0/s1. The molecule has 0 aromatic heterocycles. The summed E-state index contributed by atoms with van der Waals surface area (Å²) in [7, 11) is 0. The van der Waals surface area contributed by atoms with Crippen LogP contribution in [0.15, 0.2) is 0 Å². The molecular weight excluding hydrogens is 382 g/mol. The number of carbonyl (C=O) groups excluding carboxylic acids is 3. The number of carbonyl (C=O) groups is 4. The zero-order chi connectivity index (χ0) is 21.5. The minimum Gasteiger partial charge on any atom is -0.481 e. The second-order valence-electron chi connectivity index (χ2n) is 7.51. The SMILES string of the molecule is CC(C)CSCCC(=O)N[C@@H](CCC(=O)O)C(=O)NCCNC(=O)CC(C)C. The average Bonchev–Trinajstić information content (AvgIpc) is 2.58. The Morgan fingerprint density at radius 3 is 2.11 bits per heavy atom. The Kier molecular flexibility index (Phi) is 14.2. The Morgan fingerprint density at radius 2 is 1.54 bits per heavy atom. The fourth-order valence-corrected chi connectivity index (χ4v) is 3.21. The van der Waals surface area contributed by atoms with E-state index in [-0.39, 0.29) is 50.1 Å². The van der Waals surface area contributed by atoms with Crippen LogP contribution >= 0.6 is 11.8 Å². The molecule has 0 aliphatic heterocycles. The van der Waals surface area contributed by atoms with E-state index in [1.165, 1.54) is 0 Å². The minimum absolute atomic E-state index is 0.0196. The molecule has 3 amide bonds. The second-order valence-corrected chi connectivity index (χ2v) is 8.66. The molecule has 162 valence electrons. The summed E-state index contributed by atoms with van der Waals surface area (Å²) < 4.78 is 0. The van der Waals surface area contributed by atoms with Gasteiger partial charge in [0.25, 0.3) is 0 Å². The van der Waals surface area contributed by atoms with Crippen molar-refractivity contribution in [3.8, 4) is 0 Å². The third-order valence-electron chi connectivity index (χ3n) is 3.56. The van der Waals surface area contributed by atoms with Crippen LogP contribution in [-0.2, 0) is 19.2 Å². The number of carboxylic acid groups (broad SMARTS) is 1. The lowest BCUT2D eigenvalue weighted by molar-refractivity contribution is -0.138. The van der Waals surface area contributed by atoms with Crippen molar-refractivity contribution in [2.75, 3.05) is 24.6 Å². The molecule has 0 bridgehead atoms. The van der Waals surface area contributed by atoms with Gasteiger partial charge in [0.15, 0.2) is 0 Å². The molecule has 0 radical (unpaired) electrons. The van der Waals surface area contributed by atoms with Crippen molar-refractivity contribution in [3.05, 3.63) is 0 Å². The van der Waals surface area contributed by atoms with Gasteiger partial charge in [0, 0.05) is 38.1 Å². The lowest BCUT2D eigenvalue weighted by Gasteiger charge is -2.18. The van der Waals surface area contributed by atoms with E-state index in [2.05, 4.69) is 29.8 Å². The van der Waals surface area contributed by atoms with Crippen molar-refractivity contribution in [2.24, 2.45) is 11.8 Å². The smallest absolute Gasteiger partial charge is 0.303 e. The minimum atomic E-state index is -1.03. The van der Waals surface area contributed by atoms with Gasteiger partial charge in [-0.2, -0.15) is 11.8 Å². The maximum Gasteiger partial charge on any atom is 0.303 e. The highest BCUT2D eigenvalue weighted by Crippen LogP contribution is 2.09. The molecule has 0 aromatic rings. The van der Waals surface area contributed by atoms with Gasteiger partial charge in [-0.3, -0.25) is 19.2 Å². The molecule has 0 rings (SSSR count). The summed E-state index contributed by atoms with van der Waals surface area (Å²) in [4.78, 5) is 46.7. The zero-order valence-electron chi connectivity index (χ0n) is 17.4. The van der Waals surface area contributed by atoms with Crippen LogP contribution in [0.25, 0.3) is 0 Å². The van der Waals surface area contributed by atoms with Gasteiger partial charge in [0.1, 0.15) is 6.04 Å². The molecule has 0 unspecified atom stereocenters. The average molecular weight is 418 g/mol. The molecule has 9 heteroatoms. The third kappa shape index (κ3) is 15.3. The summed E-state index contributed by atoms with van der Waals surface area (Å²) in [5, 5.41) is 16.8. The highest BCUT2D eigenvalue weighted by molar-refractivity contribution is 7.99. The van der Waals surface area contributed by atoms with Gasteiger partial charge >= 0.3 is 5.97 Å². The van der Waals surface area contributed by atoms with Crippen LogP contribution in [0.2, 0.25) is 0 Å². The zero-order valence-corrected chi connectivity index (χ0v) is 18.2. The van der Waals surface area contributed by atoms with Crippen LogP contribution in [0, 0.1) is 11.8 Å². The molecule has 0 heterocycles. The van der Waals surface area contributed by atoms with Gasteiger partial charge in [-0.05, 0) is 24.0 Å². The number of rotatable bonds is 15. The first-order valence-electron chi connectivity index (χ1n) is 9.75. The largest absolute Gasteiger partial charge is 0.481 e. The number of carboxylic acids is 1. The molecule has 0 aliphatic rings. The van der Waals surface area contributed by atoms with Crippen LogP contribution in [0.5, 0.6) is 0 Å². The maximum atomic E-state index is 12.3. The van der Waals surface area contributed by atoms with Crippen molar-refractivity contribution in [2.45, 2.75) is 59.4 Å². The highest BCUT2D eigenvalue weighted by Gasteiger charge is 2.21. The number of amides is 3. The first-order chi connectivity index (χ1) is 13.1. The van der Waals surface area contributed by atoms with E-state index >= 15 is 0 Å². The normalized spacial score (nSPS) is 11.9. The fourth-order valence-electron chi connectivity index (χ4n) is 2.24. The van der Waals surface area contributed by atoms with Crippen LogP contribution in [0.4, 0.5) is 0 Å². The van der Waals surface area contributed by atoms with E-state index in [1.807, 2.05) is 13.8 Å². The number of nitrogens with one attached hydrogen (secondary N) is 3. The molecule has 0 fully saturated rings. The molecule has 0 aliphatic carbocycles. The Hall–Kier alpha value is -1.77. The predicted molar refractivity (Wildman–Crippen MR) is 111 cm³/mol. The monoisotopic (exact) mass is 417 g/mol. The summed E-state index contributed by atoms with van der Waals surface area (Å²) in [5.41, 5.74) is 0. The Morgan fingerprint density at radius 1 is 0.893 bits per heavy atom. The van der Waals surface area contributed by atoms with Crippen molar-refractivity contribution in [3.63, 3.8) is 0 Å². The quantitative estimate of drug-likeness (QED) is 0.299. The van der Waals surface area contributed by atoms with Crippen LogP contribution in [0.1, 0.15) is 53.4 Å². The van der Waals surface area contributed by atoms with E-state index < -0.39 is 17.9 Å². The molecule has 0 saturated carbocycles. The van der Waals surface area contributed by atoms with Gasteiger partial charge in [0.2, 0.25) is 17.7 Å². The molecular formula is C19H35N3O5S. The van der Waals surface area contributed by atoms with Gasteiger partial charge < -0.3 is 21.1 Å². The second kappa shape index (κ2) is 15.2. The predicted octanol–water partition coefficient (Wildman–Crippen LogP) is 1.39. The van der Waals surface area contributed by atoms with E-state index in [4.69, 9.17) is 5.11 Å². The van der Waals surface area contributed by atoms with E-state index in [1.54, 1.807) is 11.8 Å². The first kappa shape index (κ1) is 26.2. The van der Waals surface area contributed by atoms with E-state index in [0.717, 1.165) is 5.75 Å². The number of hydrogen-bond donors (Lipinski definition) is 4. The summed E-state index contributed by atoms with van der Waals surface area (Å²) in [6.45, 7) is 8.58. The number of thioether (sulfide) groups is 1. The van der Waals surface area contributed by atoms with Crippen molar-refractivity contribution in [1.29, 1.82) is 0 Å². The first-order valence-corrected chi connectivity index (χ1v) is 10.9. The molecule has 1 atom stereocenters. The van der Waals surface area contributed by atoms with Crippen molar-refractivity contribution in [1.82, 2.24) is 16.0 Å². The van der Waals surface area contributed by atoms with Crippen LogP contribution < -0.4 is 16.0 Å². The summed E-state index contributed by atoms with van der Waals surface area (Å²) >= 11 is 1.67. The fraction of sp³-hybridized carbons (Fsp3) is 0.789. The summed E-state index contributed by atoms with van der Waals surface area (Å²) in [6, 6.07) is -0.898. The Bertz CT molecular complexity index is 512. The lowest BCUT2D eigenvalue weighted by Crippen LogP contribution is -2.48. The molecule has 8 nitrogen and oxygen atoms in total. The van der Waals surface area contributed by atoms with Gasteiger partial charge in [0.05, 0.1) is 0 Å². The summed E-state index contributed by atoms with van der Waals surface area (Å²) in [6.07, 6.45) is 0.497. The highest BCUT2D eigenvalue weighted by atomic mass is 32.2. The van der Waals surface area contributed by atoms with E-state index in [0.29, 0.717) is 18.1 Å². The molecule has 0 aromatic carbocycles. The molecule has 4 N–H and O–H groups in total. The number of aliphatic carboxylic acids is 1. The van der Waals surface area contributed by atoms with Crippen molar-refractivity contribution < 1.29 is 24.3 Å². The molecule has 0 spiro atoms. The van der Waals surface area contributed by atoms with E-state index in [9.17, 15) is 19.2 Å².